The number of aryl methyl sites for hydroxylation is 1. The number of aliphatic imine (C=N–C) groups is 1. The standard InChI is InChI=1S/C28H25FN4/c1-15(2)26-27(16(3)33-28(26)22-13-18(29)14-25-19(22)6-9-32-25)20-7-10-31-24-12-17(11-21(20)24)23-5-4-8-30-23/h4-7,9-11,13-15,32-33H,8,12H2,1-3H3. The Kier molecular flexibility index (Phi) is 4.47. The number of H-pyrrole nitrogens is 2. The number of aromatic nitrogens is 3. The molecule has 4 aromatic rings. The number of rotatable bonds is 4. The maximum Gasteiger partial charge on any atom is 0.125 e. The zero-order chi connectivity index (χ0) is 22.7. The van der Waals surface area contributed by atoms with Crippen molar-refractivity contribution in [1.82, 2.24) is 15.0 Å². The van der Waals surface area contributed by atoms with Gasteiger partial charge in [0, 0.05) is 52.1 Å². The lowest BCUT2D eigenvalue weighted by Gasteiger charge is -2.14. The second-order valence-electron chi connectivity index (χ2n) is 9.15. The largest absolute Gasteiger partial charge is 0.361 e. The summed E-state index contributed by atoms with van der Waals surface area (Å²) in [5.41, 5.74) is 11.8. The van der Waals surface area contributed by atoms with E-state index in [1.807, 2.05) is 18.5 Å². The fourth-order valence-electron chi connectivity index (χ4n) is 5.30. The predicted molar refractivity (Wildman–Crippen MR) is 133 cm³/mol. The van der Waals surface area contributed by atoms with Gasteiger partial charge in [-0.3, -0.25) is 9.98 Å². The van der Waals surface area contributed by atoms with Crippen molar-refractivity contribution in [3.63, 3.8) is 0 Å². The van der Waals surface area contributed by atoms with Gasteiger partial charge in [-0.15, -0.1) is 0 Å². The zero-order valence-corrected chi connectivity index (χ0v) is 19.0. The van der Waals surface area contributed by atoms with Crippen LogP contribution >= 0.6 is 0 Å². The Morgan fingerprint density at radius 1 is 1.12 bits per heavy atom. The van der Waals surface area contributed by atoms with Gasteiger partial charge < -0.3 is 9.97 Å². The molecule has 33 heavy (non-hydrogen) atoms. The van der Waals surface area contributed by atoms with Crippen molar-refractivity contribution in [3.8, 4) is 22.4 Å². The van der Waals surface area contributed by atoms with Crippen LogP contribution in [0.5, 0.6) is 0 Å². The van der Waals surface area contributed by atoms with E-state index in [1.54, 1.807) is 12.1 Å². The molecule has 2 N–H and O–H groups in total. The van der Waals surface area contributed by atoms with E-state index in [1.165, 1.54) is 22.3 Å². The molecule has 0 atom stereocenters. The van der Waals surface area contributed by atoms with Crippen LogP contribution < -0.4 is 0 Å². The lowest BCUT2D eigenvalue weighted by Crippen LogP contribution is -1.98. The maximum absolute atomic E-state index is 14.5. The second kappa shape index (κ2) is 7.41. The highest BCUT2D eigenvalue weighted by Crippen LogP contribution is 2.44. The monoisotopic (exact) mass is 436 g/mol. The van der Waals surface area contributed by atoms with Gasteiger partial charge in [0.05, 0.1) is 23.6 Å². The molecule has 4 nitrogen and oxygen atoms in total. The topological polar surface area (TPSA) is 56.8 Å². The molecule has 1 aliphatic heterocycles. The summed E-state index contributed by atoms with van der Waals surface area (Å²) in [6.45, 7) is 7.25. The molecule has 0 fully saturated rings. The lowest BCUT2D eigenvalue weighted by atomic mass is 9.89. The van der Waals surface area contributed by atoms with Gasteiger partial charge in [0.2, 0.25) is 0 Å². The van der Waals surface area contributed by atoms with Crippen LogP contribution in [0.1, 0.15) is 42.3 Å². The van der Waals surface area contributed by atoms with Gasteiger partial charge in [-0.25, -0.2) is 4.39 Å². The second-order valence-corrected chi connectivity index (χ2v) is 9.15. The van der Waals surface area contributed by atoms with E-state index >= 15 is 0 Å². The van der Waals surface area contributed by atoms with Crippen molar-refractivity contribution in [2.75, 3.05) is 6.54 Å². The molecule has 0 spiro atoms. The molecule has 1 aliphatic carbocycles. The summed E-state index contributed by atoms with van der Waals surface area (Å²) >= 11 is 0. The molecule has 0 saturated carbocycles. The Bertz CT molecular complexity index is 1510. The first-order valence-corrected chi connectivity index (χ1v) is 11.4. The van der Waals surface area contributed by atoms with Gasteiger partial charge in [0.15, 0.2) is 0 Å². The third-order valence-corrected chi connectivity index (χ3v) is 6.70. The van der Waals surface area contributed by atoms with Crippen LogP contribution in [0, 0.1) is 12.7 Å². The maximum atomic E-state index is 14.5. The molecule has 0 bridgehead atoms. The van der Waals surface area contributed by atoms with Gasteiger partial charge >= 0.3 is 0 Å². The minimum Gasteiger partial charge on any atom is -0.361 e. The number of aromatic amines is 2. The van der Waals surface area contributed by atoms with Crippen LogP contribution in [-0.4, -0.2) is 27.2 Å². The van der Waals surface area contributed by atoms with Crippen LogP contribution in [0.3, 0.4) is 0 Å². The molecule has 0 unspecified atom stereocenters. The van der Waals surface area contributed by atoms with Gasteiger partial charge in [0.25, 0.3) is 0 Å². The zero-order valence-electron chi connectivity index (χ0n) is 19.0. The first-order chi connectivity index (χ1) is 16.0. The first kappa shape index (κ1) is 19.9. The Labute approximate surface area is 192 Å². The van der Waals surface area contributed by atoms with Crippen LogP contribution in [0.25, 0.3) is 39.4 Å². The molecule has 0 saturated heterocycles. The van der Waals surface area contributed by atoms with Crippen LogP contribution in [-0.2, 0) is 6.42 Å². The molecule has 4 heterocycles. The number of halogens is 1. The number of benzene rings is 1. The number of allylic oxidation sites excluding steroid dienone is 2. The highest BCUT2D eigenvalue weighted by molar-refractivity contribution is 6.14. The van der Waals surface area contributed by atoms with Crippen molar-refractivity contribution >= 4 is 22.7 Å². The van der Waals surface area contributed by atoms with Gasteiger partial charge in [0.1, 0.15) is 5.82 Å². The number of hydrogen-bond donors (Lipinski definition) is 2. The Balaban J connectivity index is 1.58. The fourth-order valence-corrected chi connectivity index (χ4v) is 5.30. The number of pyridine rings is 1. The molecule has 0 radical (unpaired) electrons. The van der Waals surface area contributed by atoms with E-state index < -0.39 is 0 Å². The summed E-state index contributed by atoms with van der Waals surface area (Å²) in [4.78, 5) is 16.1. The van der Waals surface area contributed by atoms with Crippen molar-refractivity contribution < 1.29 is 4.39 Å². The molecule has 6 rings (SSSR count). The van der Waals surface area contributed by atoms with Gasteiger partial charge in [-0.2, -0.15) is 0 Å². The fraction of sp³-hybridized carbons (Fsp3) is 0.214. The van der Waals surface area contributed by atoms with E-state index in [9.17, 15) is 4.39 Å². The lowest BCUT2D eigenvalue weighted by molar-refractivity contribution is 0.630. The Morgan fingerprint density at radius 3 is 2.79 bits per heavy atom. The highest BCUT2D eigenvalue weighted by atomic mass is 19.1. The van der Waals surface area contributed by atoms with Crippen LogP contribution in [0.15, 0.2) is 59.4 Å². The van der Waals surface area contributed by atoms with Gasteiger partial charge in [-0.1, -0.05) is 19.9 Å². The summed E-state index contributed by atoms with van der Waals surface area (Å²) in [6.07, 6.45) is 11.0. The molecule has 164 valence electrons. The van der Waals surface area contributed by atoms with E-state index in [4.69, 9.17) is 0 Å². The quantitative estimate of drug-likeness (QED) is 0.365. The van der Waals surface area contributed by atoms with Crippen LogP contribution in [0.4, 0.5) is 4.39 Å². The van der Waals surface area contributed by atoms with Crippen molar-refractivity contribution in [2.24, 2.45) is 4.99 Å². The normalized spacial score (nSPS) is 14.9. The minimum atomic E-state index is -0.244. The molecule has 5 heteroatoms. The Morgan fingerprint density at radius 2 is 2.00 bits per heavy atom. The van der Waals surface area contributed by atoms with E-state index in [0.717, 1.165) is 57.8 Å². The van der Waals surface area contributed by atoms with E-state index in [0.29, 0.717) is 0 Å². The average molecular weight is 437 g/mol. The van der Waals surface area contributed by atoms with Crippen molar-refractivity contribution in [1.29, 1.82) is 0 Å². The van der Waals surface area contributed by atoms with Crippen LogP contribution in [0.2, 0.25) is 0 Å². The molecule has 1 aromatic carbocycles. The smallest absolute Gasteiger partial charge is 0.125 e. The predicted octanol–water partition coefficient (Wildman–Crippen LogP) is 6.75. The first-order valence-electron chi connectivity index (χ1n) is 11.4. The summed E-state index contributed by atoms with van der Waals surface area (Å²) in [5, 5.41) is 1.01. The molecule has 2 aliphatic rings. The molecule has 3 aromatic heterocycles. The minimum absolute atomic E-state index is 0.244. The summed E-state index contributed by atoms with van der Waals surface area (Å²) in [7, 11) is 0. The number of nitrogens with one attached hydrogen (secondary N) is 2. The number of nitrogens with zero attached hydrogens (tertiary/aromatic N) is 2. The molecule has 0 amide bonds. The Hall–Kier alpha value is -3.73. The number of hydrogen-bond acceptors (Lipinski definition) is 2. The average Bonchev–Trinajstić information content (AvgIpc) is 3.56. The molecular weight excluding hydrogens is 411 g/mol. The summed E-state index contributed by atoms with van der Waals surface area (Å²) in [5.74, 6) is -0.000696. The van der Waals surface area contributed by atoms with Gasteiger partial charge in [-0.05, 0) is 66.0 Å². The number of fused-ring (bicyclic) bond motifs is 2. The summed E-state index contributed by atoms with van der Waals surface area (Å²) in [6, 6.07) is 7.30. The van der Waals surface area contributed by atoms with E-state index in [2.05, 4.69) is 65.0 Å². The third-order valence-electron chi connectivity index (χ3n) is 6.70. The van der Waals surface area contributed by atoms with E-state index in [-0.39, 0.29) is 11.7 Å². The SMILES string of the molecule is Cc1[nH]c(-c2cc(F)cc3[nH]ccc23)c(C(C)C)c1-c1ccnc2c1C=C(C1=NCC=C1)C2. The third kappa shape index (κ3) is 3.10. The molecular formula is C28H25FN4. The summed E-state index contributed by atoms with van der Waals surface area (Å²) < 4.78 is 14.5. The highest BCUT2D eigenvalue weighted by Gasteiger charge is 2.27. The van der Waals surface area contributed by atoms with Crippen molar-refractivity contribution in [2.45, 2.75) is 33.1 Å². The van der Waals surface area contributed by atoms with Crippen molar-refractivity contribution in [3.05, 3.63) is 82.7 Å².